The summed E-state index contributed by atoms with van der Waals surface area (Å²) in [5, 5.41) is 3.75. The van der Waals surface area contributed by atoms with Crippen molar-refractivity contribution in [3.05, 3.63) is 18.0 Å². The molecule has 1 aliphatic heterocycles. The Morgan fingerprint density at radius 3 is 2.73 bits per heavy atom. The van der Waals surface area contributed by atoms with E-state index >= 15 is 0 Å². The standard InChI is InChI=1S/C15H25N3O3S/c1-12(2)22(20,21)11-15(19)18-7-5-4-6-14(18)10-17-9-13(3)8-16-17/h8-9,12,14H,4-7,10-11H2,1-3H3/t14-/m1/s1. The third-order valence-electron chi connectivity index (χ3n) is 4.15. The number of rotatable bonds is 5. The van der Waals surface area contributed by atoms with Crippen molar-refractivity contribution in [1.29, 1.82) is 0 Å². The summed E-state index contributed by atoms with van der Waals surface area (Å²) in [4.78, 5) is 14.2. The van der Waals surface area contributed by atoms with Gasteiger partial charge in [0, 0.05) is 12.7 Å². The van der Waals surface area contributed by atoms with Crippen molar-refractivity contribution in [2.75, 3.05) is 12.3 Å². The molecule has 6 nitrogen and oxygen atoms in total. The number of carbonyl (C=O) groups is 1. The van der Waals surface area contributed by atoms with Crippen LogP contribution in [0.5, 0.6) is 0 Å². The molecule has 0 saturated carbocycles. The third-order valence-corrected chi connectivity index (χ3v) is 6.24. The van der Waals surface area contributed by atoms with Crippen LogP contribution >= 0.6 is 0 Å². The zero-order valence-corrected chi connectivity index (χ0v) is 14.3. The zero-order chi connectivity index (χ0) is 16.3. The van der Waals surface area contributed by atoms with Crippen LogP contribution in [0.3, 0.4) is 0 Å². The van der Waals surface area contributed by atoms with E-state index in [4.69, 9.17) is 0 Å². The predicted octanol–water partition coefficient (Wildman–Crippen LogP) is 1.40. The van der Waals surface area contributed by atoms with Gasteiger partial charge >= 0.3 is 0 Å². The fourth-order valence-corrected chi connectivity index (χ4v) is 3.57. The molecule has 0 N–H and O–H groups in total. The number of aromatic nitrogens is 2. The van der Waals surface area contributed by atoms with Gasteiger partial charge in [-0.05, 0) is 45.6 Å². The van der Waals surface area contributed by atoms with Gasteiger partial charge in [-0.3, -0.25) is 9.48 Å². The lowest BCUT2D eigenvalue weighted by molar-refractivity contribution is -0.132. The van der Waals surface area contributed by atoms with Gasteiger partial charge in [-0.2, -0.15) is 5.10 Å². The Balaban J connectivity index is 2.07. The number of hydrogen-bond acceptors (Lipinski definition) is 4. The van der Waals surface area contributed by atoms with Crippen LogP contribution in [0.2, 0.25) is 0 Å². The molecule has 1 saturated heterocycles. The second-order valence-corrected chi connectivity index (χ2v) is 8.89. The molecule has 2 heterocycles. The molecule has 1 atom stereocenters. The molecule has 0 aromatic carbocycles. The first-order chi connectivity index (χ1) is 10.3. The quantitative estimate of drug-likeness (QED) is 0.819. The van der Waals surface area contributed by atoms with Crippen molar-refractivity contribution >= 4 is 15.7 Å². The van der Waals surface area contributed by atoms with Crippen LogP contribution in [-0.4, -0.2) is 52.6 Å². The van der Waals surface area contributed by atoms with E-state index in [2.05, 4.69) is 5.10 Å². The van der Waals surface area contributed by atoms with Gasteiger partial charge in [0.25, 0.3) is 0 Å². The van der Waals surface area contributed by atoms with Crippen molar-refractivity contribution in [3.63, 3.8) is 0 Å². The summed E-state index contributed by atoms with van der Waals surface area (Å²) in [5.41, 5.74) is 1.08. The largest absolute Gasteiger partial charge is 0.337 e. The van der Waals surface area contributed by atoms with Crippen LogP contribution in [0, 0.1) is 6.92 Å². The molecule has 1 amide bonds. The Morgan fingerprint density at radius 2 is 2.14 bits per heavy atom. The SMILES string of the molecule is Cc1cnn(C[C@H]2CCCCN2C(=O)CS(=O)(=O)C(C)C)c1. The molecule has 0 bridgehead atoms. The molecular weight excluding hydrogens is 302 g/mol. The fourth-order valence-electron chi connectivity index (χ4n) is 2.72. The van der Waals surface area contributed by atoms with Gasteiger partial charge in [0.1, 0.15) is 5.75 Å². The maximum atomic E-state index is 12.4. The Bertz CT molecular complexity index is 622. The van der Waals surface area contributed by atoms with Gasteiger partial charge in [-0.25, -0.2) is 8.42 Å². The second kappa shape index (κ2) is 6.81. The summed E-state index contributed by atoms with van der Waals surface area (Å²) in [7, 11) is -3.35. The summed E-state index contributed by atoms with van der Waals surface area (Å²) in [6.07, 6.45) is 6.63. The zero-order valence-electron chi connectivity index (χ0n) is 13.5. The Kier molecular flexibility index (Phi) is 5.26. The summed E-state index contributed by atoms with van der Waals surface area (Å²) in [6.45, 7) is 6.47. The summed E-state index contributed by atoms with van der Waals surface area (Å²) in [6, 6.07) is 0.0305. The van der Waals surface area contributed by atoms with Gasteiger partial charge in [0.05, 0.1) is 24.0 Å². The van der Waals surface area contributed by atoms with Crippen molar-refractivity contribution in [2.24, 2.45) is 0 Å². The maximum Gasteiger partial charge on any atom is 0.238 e. The topological polar surface area (TPSA) is 72.3 Å². The number of carbonyl (C=O) groups excluding carboxylic acids is 1. The lowest BCUT2D eigenvalue weighted by Crippen LogP contribution is -2.48. The van der Waals surface area contributed by atoms with Crippen molar-refractivity contribution < 1.29 is 13.2 Å². The van der Waals surface area contributed by atoms with Gasteiger partial charge in [0.15, 0.2) is 9.84 Å². The van der Waals surface area contributed by atoms with E-state index < -0.39 is 15.1 Å². The van der Waals surface area contributed by atoms with Crippen LogP contribution in [0.1, 0.15) is 38.7 Å². The van der Waals surface area contributed by atoms with Gasteiger partial charge in [0.2, 0.25) is 5.91 Å². The van der Waals surface area contributed by atoms with E-state index in [1.54, 1.807) is 24.9 Å². The van der Waals surface area contributed by atoms with Crippen molar-refractivity contribution in [3.8, 4) is 0 Å². The van der Waals surface area contributed by atoms with Crippen LogP contribution in [0.4, 0.5) is 0 Å². The molecule has 0 radical (unpaired) electrons. The summed E-state index contributed by atoms with van der Waals surface area (Å²) < 4.78 is 25.8. The Morgan fingerprint density at radius 1 is 1.41 bits per heavy atom. The molecular formula is C15H25N3O3S. The highest BCUT2D eigenvalue weighted by atomic mass is 32.2. The second-order valence-electron chi connectivity index (χ2n) is 6.33. The van der Waals surface area contributed by atoms with Gasteiger partial charge in [-0.15, -0.1) is 0 Å². The maximum absolute atomic E-state index is 12.4. The average molecular weight is 327 g/mol. The number of hydrogen-bond donors (Lipinski definition) is 0. The van der Waals surface area contributed by atoms with E-state index in [0.717, 1.165) is 24.8 Å². The van der Waals surface area contributed by atoms with E-state index in [1.807, 2.05) is 17.8 Å². The van der Waals surface area contributed by atoms with E-state index in [-0.39, 0.29) is 17.7 Å². The molecule has 2 rings (SSSR count). The molecule has 1 fully saturated rings. The highest BCUT2D eigenvalue weighted by Gasteiger charge is 2.31. The number of nitrogens with zero attached hydrogens (tertiary/aromatic N) is 3. The minimum absolute atomic E-state index is 0.0305. The molecule has 0 spiro atoms. The Hall–Kier alpha value is -1.37. The number of aryl methyl sites for hydroxylation is 1. The molecule has 124 valence electrons. The van der Waals surface area contributed by atoms with E-state index in [1.165, 1.54) is 0 Å². The monoisotopic (exact) mass is 327 g/mol. The molecule has 1 aromatic rings. The summed E-state index contributed by atoms with van der Waals surface area (Å²) >= 11 is 0. The summed E-state index contributed by atoms with van der Waals surface area (Å²) in [5.74, 6) is -0.665. The predicted molar refractivity (Wildman–Crippen MR) is 85.2 cm³/mol. The fraction of sp³-hybridized carbons (Fsp3) is 0.733. The van der Waals surface area contributed by atoms with Gasteiger partial charge < -0.3 is 4.90 Å². The van der Waals surface area contributed by atoms with Crippen molar-refractivity contribution in [2.45, 2.75) is 57.9 Å². The third kappa shape index (κ3) is 4.09. The lowest BCUT2D eigenvalue weighted by atomic mass is 10.0. The molecule has 1 aromatic heterocycles. The minimum Gasteiger partial charge on any atom is -0.337 e. The molecule has 22 heavy (non-hydrogen) atoms. The highest BCUT2D eigenvalue weighted by Crippen LogP contribution is 2.19. The average Bonchev–Trinajstić information content (AvgIpc) is 2.84. The molecule has 1 aliphatic rings. The first-order valence-corrected chi connectivity index (χ1v) is 9.51. The van der Waals surface area contributed by atoms with Crippen LogP contribution in [0.25, 0.3) is 0 Å². The van der Waals surface area contributed by atoms with Crippen LogP contribution in [0.15, 0.2) is 12.4 Å². The number of amides is 1. The first kappa shape index (κ1) is 17.0. The van der Waals surface area contributed by atoms with Crippen LogP contribution < -0.4 is 0 Å². The smallest absolute Gasteiger partial charge is 0.238 e. The normalized spacial score (nSPS) is 19.6. The number of piperidine rings is 1. The number of likely N-dealkylation sites (tertiary alicyclic amines) is 1. The first-order valence-electron chi connectivity index (χ1n) is 7.79. The minimum atomic E-state index is -3.35. The van der Waals surface area contributed by atoms with E-state index in [9.17, 15) is 13.2 Å². The van der Waals surface area contributed by atoms with E-state index in [0.29, 0.717) is 13.1 Å². The van der Waals surface area contributed by atoms with Crippen molar-refractivity contribution in [1.82, 2.24) is 14.7 Å². The van der Waals surface area contributed by atoms with Crippen LogP contribution in [-0.2, 0) is 21.2 Å². The molecule has 0 aliphatic carbocycles. The lowest BCUT2D eigenvalue weighted by Gasteiger charge is -2.35. The molecule has 0 unspecified atom stereocenters. The highest BCUT2D eigenvalue weighted by molar-refractivity contribution is 7.92. The number of sulfone groups is 1. The van der Waals surface area contributed by atoms with Gasteiger partial charge in [-0.1, -0.05) is 0 Å². The molecule has 7 heteroatoms. The Labute approximate surface area is 132 Å².